The van der Waals surface area contributed by atoms with Crippen LogP contribution in [0.3, 0.4) is 0 Å². The number of morpholine rings is 1. The molecular formula is C21H25N5O4. The molecule has 0 spiro atoms. The second-order valence-corrected chi connectivity index (χ2v) is 7.41. The third-order valence-electron chi connectivity index (χ3n) is 5.63. The number of aromatic nitrogens is 4. The average Bonchev–Trinajstić information content (AvgIpc) is 3.18. The van der Waals surface area contributed by atoms with Gasteiger partial charge in [-0.1, -0.05) is 37.3 Å². The molecule has 158 valence electrons. The molecule has 0 saturated carbocycles. The zero-order valence-electron chi connectivity index (χ0n) is 17.4. The number of carbonyl (C=O) groups is 1. The SMILES string of the molecule is CC[C@@H](C(=O)c1ccccc1)n1c(N2CCOCC2)nc2c1c(=O)n(C)c(=O)n2C. The van der Waals surface area contributed by atoms with Gasteiger partial charge >= 0.3 is 5.69 Å². The van der Waals surface area contributed by atoms with E-state index in [1.807, 2.05) is 30.0 Å². The predicted molar refractivity (Wildman–Crippen MR) is 113 cm³/mol. The standard InChI is InChI=1S/C21H25N5O4/c1-4-15(17(27)14-8-6-5-7-9-14)26-16-18(23(2)21(29)24(3)19(16)28)22-20(26)25-10-12-30-13-11-25/h5-9,15H,4,10-13H2,1-3H3/t15-/m0/s1. The van der Waals surface area contributed by atoms with E-state index in [0.717, 1.165) is 4.57 Å². The molecule has 0 aliphatic carbocycles. The van der Waals surface area contributed by atoms with E-state index in [9.17, 15) is 14.4 Å². The number of Topliss-reactive ketones (excluding diaryl/α,β-unsaturated/α-hetero) is 1. The monoisotopic (exact) mass is 411 g/mol. The van der Waals surface area contributed by atoms with Gasteiger partial charge in [0.05, 0.1) is 13.2 Å². The van der Waals surface area contributed by atoms with Crippen molar-refractivity contribution < 1.29 is 9.53 Å². The number of anilines is 1. The Balaban J connectivity index is 2.01. The van der Waals surface area contributed by atoms with Crippen molar-refractivity contribution in [2.24, 2.45) is 14.1 Å². The summed E-state index contributed by atoms with van der Waals surface area (Å²) in [5.41, 5.74) is 0.203. The normalized spacial score (nSPS) is 15.5. The van der Waals surface area contributed by atoms with Gasteiger partial charge in [-0.2, -0.15) is 4.98 Å². The molecule has 1 atom stereocenters. The Labute approximate surface area is 173 Å². The zero-order valence-corrected chi connectivity index (χ0v) is 17.4. The Kier molecular flexibility index (Phi) is 5.29. The summed E-state index contributed by atoms with van der Waals surface area (Å²) in [6, 6.07) is 8.41. The van der Waals surface area contributed by atoms with Crippen LogP contribution in [-0.2, 0) is 18.8 Å². The van der Waals surface area contributed by atoms with Crippen molar-refractivity contribution in [1.82, 2.24) is 18.7 Å². The molecule has 1 aliphatic heterocycles. The summed E-state index contributed by atoms with van der Waals surface area (Å²) in [5, 5.41) is 0. The molecule has 1 aromatic carbocycles. The number of aryl methyl sites for hydroxylation is 1. The Morgan fingerprint density at radius 1 is 1.10 bits per heavy atom. The Morgan fingerprint density at radius 2 is 1.77 bits per heavy atom. The number of imidazole rings is 1. The predicted octanol–water partition coefficient (Wildman–Crippen LogP) is 1.10. The smallest absolute Gasteiger partial charge is 0.332 e. The lowest BCUT2D eigenvalue weighted by Gasteiger charge is -2.30. The fraction of sp³-hybridized carbons (Fsp3) is 0.429. The molecule has 3 heterocycles. The number of carbonyl (C=O) groups excluding carboxylic acids is 1. The van der Waals surface area contributed by atoms with E-state index in [2.05, 4.69) is 4.98 Å². The van der Waals surface area contributed by atoms with Crippen LogP contribution in [0.25, 0.3) is 11.2 Å². The molecule has 0 bridgehead atoms. The maximum atomic E-state index is 13.4. The lowest BCUT2D eigenvalue weighted by atomic mass is 10.0. The van der Waals surface area contributed by atoms with E-state index in [4.69, 9.17) is 4.74 Å². The maximum Gasteiger partial charge on any atom is 0.332 e. The Morgan fingerprint density at radius 3 is 2.40 bits per heavy atom. The van der Waals surface area contributed by atoms with Crippen molar-refractivity contribution in [2.75, 3.05) is 31.2 Å². The van der Waals surface area contributed by atoms with E-state index in [-0.39, 0.29) is 16.9 Å². The molecule has 0 radical (unpaired) electrons. The third-order valence-corrected chi connectivity index (χ3v) is 5.63. The number of ketones is 1. The summed E-state index contributed by atoms with van der Waals surface area (Å²) in [4.78, 5) is 45.7. The first-order valence-corrected chi connectivity index (χ1v) is 10.1. The van der Waals surface area contributed by atoms with Gasteiger partial charge in [-0.25, -0.2) is 4.79 Å². The Hall–Kier alpha value is -3.20. The quantitative estimate of drug-likeness (QED) is 0.584. The van der Waals surface area contributed by atoms with Crippen LogP contribution in [0, 0.1) is 0 Å². The molecule has 0 N–H and O–H groups in total. The van der Waals surface area contributed by atoms with Crippen LogP contribution in [0.5, 0.6) is 0 Å². The zero-order chi connectivity index (χ0) is 21.4. The van der Waals surface area contributed by atoms with Crippen molar-refractivity contribution >= 4 is 22.9 Å². The molecule has 3 aromatic rings. The Bertz CT molecular complexity index is 1200. The number of benzene rings is 1. The minimum Gasteiger partial charge on any atom is -0.378 e. The highest BCUT2D eigenvalue weighted by atomic mass is 16.5. The van der Waals surface area contributed by atoms with Crippen LogP contribution in [0.1, 0.15) is 29.7 Å². The first-order valence-electron chi connectivity index (χ1n) is 10.1. The highest BCUT2D eigenvalue weighted by molar-refractivity contribution is 6.00. The van der Waals surface area contributed by atoms with Gasteiger partial charge in [0, 0.05) is 32.7 Å². The van der Waals surface area contributed by atoms with Gasteiger partial charge in [0.2, 0.25) is 5.95 Å². The van der Waals surface area contributed by atoms with Crippen molar-refractivity contribution in [3.63, 3.8) is 0 Å². The van der Waals surface area contributed by atoms with Crippen molar-refractivity contribution in [2.45, 2.75) is 19.4 Å². The van der Waals surface area contributed by atoms with Gasteiger partial charge in [0.1, 0.15) is 6.04 Å². The van der Waals surface area contributed by atoms with Crippen molar-refractivity contribution in [3.8, 4) is 0 Å². The molecular weight excluding hydrogens is 386 g/mol. The second-order valence-electron chi connectivity index (χ2n) is 7.41. The molecule has 30 heavy (non-hydrogen) atoms. The average molecular weight is 411 g/mol. The highest BCUT2D eigenvalue weighted by Crippen LogP contribution is 2.29. The molecule has 4 rings (SSSR count). The number of rotatable bonds is 5. The second kappa shape index (κ2) is 7.91. The first kappa shape index (κ1) is 20.1. The number of nitrogens with zero attached hydrogens (tertiary/aromatic N) is 5. The molecule has 1 fully saturated rings. The highest BCUT2D eigenvalue weighted by Gasteiger charge is 2.31. The molecule has 1 saturated heterocycles. The van der Waals surface area contributed by atoms with Crippen LogP contribution in [0.4, 0.5) is 5.95 Å². The fourth-order valence-corrected chi connectivity index (χ4v) is 3.96. The van der Waals surface area contributed by atoms with Crippen molar-refractivity contribution in [3.05, 3.63) is 56.7 Å². The summed E-state index contributed by atoms with van der Waals surface area (Å²) < 4.78 is 9.59. The van der Waals surface area contributed by atoms with E-state index in [0.29, 0.717) is 44.2 Å². The molecule has 2 aromatic heterocycles. The van der Waals surface area contributed by atoms with Crippen molar-refractivity contribution in [1.29, 1.82) is 0 Å². The molecule has 9 nitrogen and oxygen atoms in total. The first-order chi connectivity index (χ1) is 14.5. The van der Waals surface area contributed by atoms with Gasteiger partial charge in [-0.05, 0) is 6.42 Å². The summed E-state index contributed by atoms with van der Waals surface area (Å²) in [6.45, 7) is 4.15. The number of fused-ring (bicyclic) bond motifs is 1. The lowest BCUT2D eigenvalue weighted by Crippen LogP contribution is -2.40. The number of hydrogen-bond donors (Lipinski definition) is 0. The minimum atomic E-state index is -0.625. The minimum absolute atomic E-state index is 0.0946. The summed E-state index contributed by atoms with van der Waals surface area (Å²) in [5.74, 6) is 0.422. The van der Waals surface area contributed by atoms with Gasteiger partial charge in [-0.15, -0.1) is 0 Å². The fourth-order valence-electron chi connectivity index (χ4n) is 3.96. The van der Waals surface area contributed by atoms with Crippen LogP contribution < -0.4 is 16.1 Å². The van der Waals surface area contributed by atoms with E-state index in [1.165, 1.54) is 11.6 Å². The molecule has 0 amide bonds. The van der Waals surface area contributed by atoms with Gasteiger partial charge in [0.15, 0.2) is 16.9 Å². The van der Waals surface area contributed by atoms with Crippen LogP contribution in [0.15, 0.2) is 39.9 Å². The van der Waals surface area contributed by atoms with E-state index in [1.54, 1.807) is 23.7 Å². The van der Waals surface area contributed by atoms with E-state index < -0.39 is 17.3 Å². The molecule has 1 aliphatic rings. The lowest BCUT2D eigenvalue weighted by molar-refractivity contribution is 0.0923. The largest absolute Gasteiger partial charge is 0.378 e. The number of hydrogen-bond acceptors (Lipinski definition) is 6. The summed E-state index contributed by atoms with van der Waals surface area (Å²) in [6.07, 6.45) is 0.475. The number of ether oxygens (including phenoxy) is 1. The maximum absolute atomic E-state index is 13.4. The van der Waals surface area contributed by atoms with Gasteiger partial charge in [-0.3, -0.25) is 23.3 Å². The van der Waals surface area contributed by atoms with Gasteiger partial charge in [0.25, 0.3) is 5.56 Å². The van der Waals surface area contributed by atoms with Crippen LogP contribution >= 0.6 is 0 Å². The topological polar surface area (TPSA) is 91.4 Å². The summed E-state index contributed by atoms with van der Waals surface area (Å²) >= 11 is 0. The van der Waals surface area contributed by atoms with E-state index >= 15 is 0 Å². The molecule has 9 heteroatoms. The summed E-state index contributed by atoms with van der Waals surface area (Å²) in [7, 11) is 3.03. The van der Waals surface area contributed by atoms with Crippen LogP contribution in [-0.4, -0.2) is 50.8 Å². The van der Waals surface area contributed by atoms with Gasteiger partial charge < -0.3 is 9.64 Å². The molecule has 0 unspecified atom stereocenters. The third kappa shape index (κ3) is 3.15. The van der Waals surface area contributed by atoms with Crippen LogP contribution in [0.2, 0.25) is 0 Å².